The molecule has 1 aliphatic heterocycles. The van der Waals surface area contributed by atoms with E-state index in [9.17, 15) is 26.3 Å². The number of aromatic nitrogens is 1. The van der Waals surface area contributed by atoms with Crippen LogP contribution in [-0.2, 0) is 19.1 Å². The van der Waals surface area contributed by atoms with Gasteiger partial charge in [-0.25, -0.2) is 10.4 Å². The van der Waals surface area contributed by atoms with Crippen molar-refractivity contribution in [2.24, 2.45) is 0 Å². The van der Waals surface area contributed by atoms with Gasteiger partial charge < -0.3 is 0 Å². The van der Waals surface area contributed by atoms with Crippen molar-refractivity contribution in [3.05, 3.63) is 88.9 Å². The summed E-state index contributed by atoms with van der Waals surface area (Å²) in [4.78, 5) is 3.78. The predicted octanol–water partition coefficient (Wildman–Crippen LogP) is 6.51. The summed E-state index contributed by atoms with van der Waals surface area (Å²) in [6.45, 7) is 1.99. The Labute approximate surface area is 182 Å². The van der Waals surface area contributed by atoms with E-state index in [0.717, 1.165) is 22.7 Å². The Morgan fingerprint density at radius 2 is 1.69 bits per heavy atom. The second-order valence-corrected chi connectivity index (χ2v) is 7.40. The van der Waals surface area contributed by atoms with Gasteiger partial charge >= 0.3 is 12.4 Å². The third kappa shape index (κ3) is 5.70. The largest absolute Gasteiger partial charge is 0.433 e. The monoisotopic (exact) mass is 455 g/mol. The number of rotatable bonds is 7. The maximum Gasteiger partial charge on any atom is 0.433 e. The van der Waals surface area contributed by atoms with Crippen molar-refractivity contribution in [3.63, 3.8) is 0 Å². The zero-order valence-corrected chi connectivity index (χ0v) is 17.3. The molecule has 1 aromatic carbocycles. The number of nitrogens with one attached hydrogen (secondary N) is 1. The molecular formula is C23H23F6N3. The van der Waals surface area contributed by atoms with Crippen molar-refractivity contribution in [1.29, 1.82) is 0 Å². The minimum atomic E-state index is -4.66. The number of unbranched alkanes of at least 4 members (excludes halogenated alkanes) is 1. The maximum absolute atomic E-state index is 13.8. The van der Waals surface area contributed by atoms with Crippen LogP contribution in [0.25, 0.3) is 0 Å². The van der Waals surface area contributed by atoms with Gasteiger partial charge in [0.2, 0.25) is 0 Å². The van der Waals surface area contributed by atoms with Gasteiger partial charge in [-0.2, -0.15) is 26.3 Å². The fraction of sp³-hybridized carbons (Fsp3) is 0.348. The van der Waals surface area contributed by atoms with Crippen LogP contribution >= 0.6 is 0 Å². The molecule has 3 nitrogen and oxygen atoms in total. The number of aryl methyl sites for hydroxylation is 1. The molecule has 1 aromatic heterocycles. The van der Waals surface area contributed by atoms with E-state index in [1.807, 2.05) is 6.92 Å². The molecule has 0 radical (unpaired) electrons. The highest BCUT2D eigenvalue weighted by atomic mass is 19.4. The molecule has 2 aromatic rings. The molecule has 3 rings (SSSR count). The lowest BCUT2D eigenvalue weighted by Crippen LogP contribution is -2.45. The van der Waals surface area contributed by atoms with E-state index in [0.29, 0.717) is 18.4 Å². The Morgan fingerprint density at radius 3 is 2.31 bits per heavy atom. The normalized spacial score (nSPS) is 16.9. The van der Waals surface area contributed by atoms with Crippen molar-refractivity contribution in [2.45, 2.75) is 51.1 Å². The summed E-state index contributed by atoms with van der Waals surface area (Å²) in [7, 11) is 0. The van der Waals surface area contributed by atoms with Crippen LogP contribution in [-0.4, -0.2) is 16.2 Å². The average Bonchev–Trinajstić information content (AvgIpc) is 2.75. The summed E-state index contributed by atoms with van der Waals surface area (Å²) < 4.78 is 81.0. The first-order valence-electron chi connectivity index (χ1n) is 10.2. The van der Waals surface area contributed by atoms with Crippen LogP contribution in [0, 0.1) is 0 Å². The molecule has 0 spiro atoms. The summed E-state index contributed by atoms with van der Waals surface area (Å²) in [5.41, 5.74) is 2.04. The molecule has 0 amide bonds. The number of nitrogens with zero attached hydrogens (tertiary/aromatic N) is 2. The van der Waals surface area contributed by atoms with Crippen LogP contribution in [0.2, 0.25) is 0 Å². The quantitative estimate of drug-likeness (QED) is 0.483. The van der Waals surface area contributed by atoms with Gasteiger partial charge in [0.1, 0.15) is 11.4 Å². The standard InChI is InChI=1S/C23H23F6N3/c1-2-3-10-18-17(13-14-20(31-18)22(24,25)26)19-11-7-12-21(23(27,28)29)32(19)30-15-16-8-5-4-6-9-16/h4-9,11-14,19,30H,2-3,10,15H2,1H3. The Hall–Kier alpha value is -2.81. The highest BCUT2D eigenvalue weighted by Gasteiger charge is 2.42. The average molecular weight is 455 g/mol. The van der Waals surface area contributed by atoms with Gasteiger partial charge in [0.25, 0.3) is 0 Å². The zero-order chi connectivity index (χ0) is 23.4. The molecule has 2 heterocycles. The molecule has 0 fully saturated rings. The third-order valence-electron chi connectivity index (χ3n) is 5.06. The van der Waals surface area contributed by atoms with E-state index in [1.54, 1.807) is 30.3 Å². The fourth-order valence-electron chi connectivity index (χ4n) is 3.48. The molecule has 0 saturated carbocycles. The second kappa shape index (κ2) is 9.77. The molecule has 1 unspecified atom stereocenters. The predicted molar refractivity (Wildman–Crippen MR) is 109 cm³/mol. The lowest BCUT2D eigenvalue weighted by Gasteiger charge is -2.37. The number of hydrogen-bond donors (Lipinski definition) is 1. The van der Waals surface area contributed by atoms with Gasteiger partial charge in [-0.3, -0.25) is 5.01 Å². The van der Waals surface area contributed by atoms with Gasteiger partial charge in [0, 0.05) is 17.8 Å². The minimum absolute atomic E-state index is 0.108. The first kappa shape index (κ1) is 23.8. The van der Waals surface area contributed by atoms with Crippen LogP contribution < -0.4 is 5.43 Å². The van der Waals surface area contributed by atoms with Crippen molar-refractivity contribution in [2.75, 3.05) is 0 Å². The molecule has 0 bridgehead atoms. The zero-order valence-electron chi connectivity index (χ0n) is 17.3. The lowest BCUT2D eigenvalue weighted by atomic mass is 9.97. The van der Waals surface area contributed by atoms with Crippen molar-refractivity contribution in [1.82, 2.24) is 15.4 Å². The summed E-state index contributed by atoms with van der Waals surface area (Å²) >= 11 is 0. The topological polar surface area (TPSA) is 28.2 Å². The van der Waals surface area contributed by atoms with E-state index in [-0.39, 0.29) is 18.7 Å². The van der Waals surface area contributed by atoms with Crippen LogP contribution in [0.5, 0.6) is 0 Å². The van der Waals surface area contributed by atoms with Crippen LogP contribution in [0.15, 0.2) is 66.4 Å². The molecular weight excluding hydrogens is 432 g/mol. The highest BCUT2D eigenvalue weighted by Crippen LogP contribution is 2.38. The summed E-state index contributed by atoms with van der Waals surface area (Å²) in [6, 6.07) is 9.95. The van der Waals surface area contributed by atoms with Gasteiger partial charge in [-0.15, -0.1) is 0 Å². The van der Waals surface area contributed by atoms with Crippen molar-refractivity contribution < 1.29 is 26.3 Å². The third-order valence-corrected chi connectivity index (χ3v) is 5.06. The maximum atomic E-state index is 13.8. The van der Waals surface area contributed by atoms with Crippen LogP contribution in [0.1, 0.15) is 48.3 Å². The molecule has 1 aliphatic rings. The first-order valence-corrected chi connectivity index (χ1v) is 10.2. The van der Waals surface area contributed by atoms with E-state index in [2.05, 4.69) is 10.4 Å². The highest BCUT2D eigenvalue weighted by molar-refractivity contribution is 5.35. The van der Waals surface area contributed by atoms with E-state index < -0.39 is 29.8 Å². The van der Waals surface area contributed by atoms with Gasteiger partial charge in [0.15, 0.2) is 0 Å². The van der Waals surface area contributed by atoms with E-state index in [1.165, 1.54) is 18.2 Å². The van der Waals surface area contributed by atoms with Crippen LogP contribution in [0.3, 0.4) is 0 Å². The smallest absolute Gasteiger partial charge is 0.292 e. The van der Waals surface area contributed by atoms with Gasteiger partial charge in [0.05, 0.1) is 6.04 Å². The Balaban J connectivity index is 2.00. The van der Waals surface area contributed by atoms with Gasteiger partial charge in [-0.05, 0) is 30.5 Å². The number of halogens is 6. The fourth-order valence-corrected chi connectivity index (χ4v) is 3.48. The number of benzene rings is 1. The number of pyridine rings is 1. The summed E-state index contributed by atoms with van der Waals surface area (Å²) in [5, 5.41) is 0.965. The molecule has 32 heavy (non-hydrogen) atoms. The molecule has 172 valence electrons. The Bertz CT molecular complexity index is 964. The number of allylic oxidation sites excluding steroid dienone is 3. The van der Waals surface area contributed by atoms with Gasteiger partial charge in [-0.1, -0.05) is 61.9 Å². The van der Waals surface area contributed by atoms with E-state index >= 15 is 0 Å². The number of hydrogen-bond acceptors (Lipinski definition) is 3. The van der Waals surface area contributed by atoms with E-state index in [4.69, 9.17) is 0 Å². The number of alkyl halides is 6. The molecule has 9 heteroatoms. The Morgan fingerprint density at radius 1 is 0.969 bits per heavy atom. The summed E-state index contributed by atoms with van der Waals surface area (Å²) in [5.74, 6) is 0. The minimum Gasteiger partial charge on any atom is -0.292 e. The molecule has 1 N–H and O–H groups in total. The second-order valence-electron chi connectivity index (χ2n) is 7.40. The summed E-state index contributed by atoms with van der Waals surface area (Å²) in [6.07, 6.45) is -4.05. The number of hydrazine groups is 1. The molecule has 0 saturated heterocycles. The van der Waals surface area contributed by atoms with Crippen LogP contribution in [0.4, 0.5) is 26.3 Å². The SMILES string of the molecule is CCCCc1nc(C(F)(F)F)ccc1C1C=CC=C(C(F)(F)F)N1NCc1ccccc1. The van der Waals surface area contributed by atoms with Crippen molar-refractivity contribution in [3.8, 4) is 0 Å². The van der Waals surface area contributed by atoms with Crippen molar-refractivity contribution >= 4 is 0 Å². The molecule has 0 aliphatic carbocycles. The Kier molecular flexibility index (Phi) is 7.28. The molecule has 1 atom stereocenters. The lowest BCUT2D eigenvalue weighted by molar-refractivity contribution is -0.141. The first-order chi connectivity index (χ1) is 15.1.